The van der Waals surface area contributed by atoms with Crippen molar-refractivity contribution in [2.45, 2.75) is 20.8 Å². The van der Waals surface area contributed by atoms with Crippen LogP contribution in [0.15, 0.2) is 48.5 Å². The molecule has 0 bridgehead atoms. The van der Waals surface area contributed by atoms with Gasteiger partial charge in [0.05, 0.1) is 11.2 Å². The molecule has 2 heteroatoms. The second-order valence-electron chi connectivity index (χ2n) is 6.02. The van der Waals surface area contributed by atoms with E-state index in [1.54, 1.807) is 0 Å². The number of nitrogens with one attached hydrogen (secondary N) is 1. The number of para-hydroxylation sites is 1. The van der Waals surface area contributed by atoms with Gasteiger partial charge < -0.3 is 4.98 Å². The summed E-state index contributed by atoms with van der Waals surface area (Å²) in [4.78, 5) is 8.38. The summed E-state index contributed by atoms with van der Waals surface area (Å²) in [5, 5.41) is 2.47. The van der Waals surface area contributed by atoms with Crippen molar-refractivity contribution in [2.75, 3.05) is 0 Å². The Bertz CT molecular complexity index is 1010. The fraction of sp³-hybridized carbons (Fsp3) is 0.150. The summed E-state index contributed by atoms with van der Waals surface area (Å²) in [6, 6.07) is 17.0. The van der Waals surface area contributed by atoms with Gasteiger partial charge in [0.25, 0.3) is 0 Å². The van der Waals surface area contributed by atoms with Crippen LogP contribution in [0.25, 0.3) is 33.1 Å². The Morgan fingerprint density at radius 3 is 2.55 bits per heavy atom. The molecule has 2 heterocycles. The summed E-state index contributed by atoms with van der Waals surface area (Å²) in [7, 11) is 0. The molecule has 0 fully saturated rings. The molecule has 0 aliphatic rings. The van der Waals surface area contributed by atoms with E-state index in [9.17, 15) is 0 Å². The second kappa shape index (κ2) is 4.70. The standard InChI is InChI=1S/C20H18N2/c1-12-8-9-18-16(10-12)20(14(3)21-18)19-11-13(2)15-6-4-5-7-17(15)22-19/h4-11,21H,1-3H3. The molecule has 0 unspecified atom stereocenters. The van der Waals surface area contributed by atoms with E-state index in [0.29, 0.717) is 0 Å². The van der Waals surface area contributed by atoms with Crippen LogP contribution in [0.1, 0.15) is 16.8 Å². The molecule has 0 saturated heterocycles. The number of benzene rings is 2. The Morgan fingerprint density at radius 2 is 1.68 bits per heavy atom. The lowest BCUT2D eigenvalue weighted by Crippen LogP contribution is -1.89. The lowest BCUT2D eigenvalue weighted by atomic mass is 10.0. The van der Waals surface area contributed by atoms with Gasteiger partial charge in [-0.15, -0.1) is 0 Å². The topological polar surface area (TPSA) is 28.7 Å². The summed E-state index contributed by atoms with van der Waals surface area (Å²) in [5.74, 6) is 0. The quantitative estimate of drug-likeness (QED) is 0.505. The van der Waals surface area contributed by atoms with Gasteiger partial charge in [-0.05, 0) is 50.6 Å². The molecule has 0 radical (unpaired) electrons. The normalized spacial score (nSPS) is 11.4. The SMILES string of the molecule is Cc1ccc2[nH]c(C)c(-c3cc(C)c4ccccc4n3)c2c1. The first kappa shape index (κ1) is 13.1. The lowest BCUT2D eigenvalue weighted by molar-refractivity contribution is 1.28. The van der Waals surface area contributed by atoms with Crippen LogP contribution in [0, 0.1) is 20.8 Å². The number of aromatic nitrogens is 2. The third-order valence-corrected chi connectivity index (χ3v) is 4.32. The van der Waals surface area contributed by atoms with E-state index in [0.717, 1.165) is 11.2 Å². The number of H-pyrrole nitrogens is 1. The first-order valence-corrected chi connectivity index (χ1v) is 7.59. The van der Waals surface area contributed by atoms with E-state index in [-0.39, 0.29) is 0 Å². The molecule has 0 saturated carbocycles. The number of hydrogen-bond acceptors (Lipinski definition) is 1. The predicted octanol–water partition coefficient (Wildman–Crippen LogP) is 5.31. The number of aryl methyl sites for hydroxylation is 3. The van der Waals surface area contributed by atoms with Gasteiger partial charge in [0.1, 0.15) is 0 Å². The van der Waals surface area contributed by atoms with Gasteiger partial charge in [0, 0.05) is 27.5 Å². The lowest BCUT2D eigenvalue weighted by Gasteiger charge is -2.07. The van der Waals surface area contributed by atoms with Gasteiger partial charge in [0.15, 0.2) is 0 Å². The van der Waals surface area contributed by atoms with Gasteiger partial charge in [-0.3, -0.25) is 0 Å². The van der Waals surface area contributed by atoms with E-state index < -0.39 is 0 Å². The van der Waals surface area contributed by atoms with Crippen LogP contribution in [0.3, 0.4) is 0 Å². The van der Waals surface area contributed by atoms with Crippen molar-refractivity contribution >= 4 is 21.8 Å². The van der Waals surface area contributed by atoms with Crippen LogP contribution in [-0.4, -0.2) is 9.97 Å². The van der Waals surface area contributed by atoms with Gasteiger partial charge in [-0.2, -0.15) is 0 Å². The van der Waals surface area contributed by atoms with E-state index in [1.807, 2.05) is 6.07 Å². The minimum Gasteiger partial charge on any atom is -0.358 e. The highest BCUT2D eigenvalue weighted by atomic mass is 14.8. The molecule has 2 aromatic carbocycles. The molecule has 0 atom stereocenters. The molecule has 0 amide bonds. The van der Waals surface area contributed by atoms with Gasteiger partial charge >= 0.3 is 0 Å². The summed E-state index contributed by atoms with van der Waals surface area (Å²) >= 11 is 0. The van der Waals surface area contributed by atoms with Crippen molar-refractivity contribution < 1.29 is 0 Å². The van der Waals surface area contributed by atoms with Crippen LogP contribution in [0.4, 0.5) is 0 Å². The highest BCUT2D eigenvalue weighted by Gasteiger charge is 2.13. The molecular weight excluding hydrogens is 268 g/mol. The van der Waals surface area contributed by atoms with Crippen LogP contribution in [0.2, 0.25) is 0 Å². The Kier molecular flexibility index (Phi) is 2.80. The Morgan fingerprint density at radius 1 is 0.864 bits per heavy atom. The molecule has 4 aromatic rings. The maximum Gasteiger partial charge on any atom is 0.0736 e. The van der Waals surface area contributed by atoms with Gasteiger partial charge in [-0.25, -0.2) is 4.98 Å². The highest BCUT2D eigenvalue weighted by molar-refractivity contribution is 5.98. The van der Waals surface area contributed by atoms with E-state index in [1.165, 1.54) is 38.7 Å². The third-order valence-electron chi connectivity index (χ3n) is 4.32. The van der Waals surface area contributed by atoms with Crippen molar-refractivity contribution in [3.63, 3.8) is 0 Å². The zero-order valence-corrected chi connectivity index (χ0v) is 13.1. The molecular formula is C20H18N2. The number of fused-ring (bicyclic) bond motifs is 2. The number of nitrogens with zero attached hydrogens (tertiary/aromatic N) is 1. The molecule has 0 aliphatic heterocycles. The maximum atomic E-state index is 4.90. The highest BCUT2D eigenvalue weighted by Crippen LogP contribution is 2.33. The number of pyridine rings is 1. The minimum absolute atomic E-state index is 1.05. The molecule has 0 spiro atoms. The largest absolute Gasteiger partial charge is 0.358 e. The van der Waals surface area contributed by atoms with Crippen molar-refractivity contribution in [1.82, 2.24) is 9.97 Å². The van der Waals surface area contributed by atoms with E-state index in [2.05, 4.69) is 68.2 Å². The molecule has 0 aliphatic carbocycles. The summed E-state index contributed by atoms with van der Waals surface area (Å²) < 4.78 is 0. The zero-order chi connectivity index (χ0) is 15.3. The van der Waals surface area contributed by atoms with Crippen LogP contribution >= 0.6 is 0 Å². The zero-order valence-electron chi connectivity index (χ0n) is 13.1. The van der Waals surface area contributed by atoms with Gasteiger partial charge in [0.2, 0.25) is 0 Å². The summed E-state index contributed by atoms with van der Waals surface area (Å²) in [5.41, 5.74) is 8.19. The summed E-state index contributed by atoms with van der Waals surface area (Å²) in [6.07, 6.45) is 0. The molecule has 108 valence electrons. The first-order valence-electron chi connectivity index (χ1n) is 7.59. The molecule has 1 N–H and O–H groups in total. The summed E-state index contributed by atoms with van der Waals surface area (Å²) in [6.45, 7) is 6.41. The van der Waals surface area contributed by atoms with Crippen molar-refractivity contribution in [3.05, 3.63) is 65.4 Å². The second-order valence-corrected chi connectivity index (χ2v) is 6.02. The molecule has 22 heavy (non-hydrogen) atoms. The monoisotopic (exact) mass is 286 g/mol. The van der Waals surface area contributed by atoms with Crippen molar-refractivity contribution in [1.29, 1.82) is 0 Å². The maximum absolute atomic E-state index is 4.90. The molecule has 2 aromatic heterocycles. The fourth-order valence-electron chi connectivity index (χ4n) is 3.25. The van der Waals surface area contributed by atoms with Gasteiger partial charge in [-0.1, -0.05) is 29.8 Å². The first-order chi connectivity index (χ1) is 10.6. The molecule has 2 nitrogen and oxygen atoms in total. The van der Waals surface area contributed by atoms with Crippen molar-refractivity contribution in [2.24, 2.45) is 0 Å². The average Bonchev–Trinajstić information content (AvgIpc) is 2.82. The third kappa shape index (κ3) is 1.92. The average molecular weight is 286 g/mol. The van der Waals surface area contributed by atoms with Crippen LogP contribution in [0.5, 0.6) is 0 Å². The van der Waals surface area contributed by atoms with Crippen molar-refractivity contribution in [3.8, 4) is 11.3 Å². The Hall–Kier alpha value is -2.61. The van der Waals surface area contributed by atoms with Crippen LogP contribution < -0.4 is 0 Å². The Balaban J connectivity index is 2.07. The van der Waals surface area contributed by atoms with E-state index in [4.69, 9.17) is 4.98 Å². The minimum atomic E-state index is 1.05. The number of rotatable bonds is 1. The number of aromatic amines is 1. The van der Waals surface area contributed by atoms with Crippen LogP contribution in [-0.2, 0) is 0 Å². The smallest absolute Gasteiger partial charge is 0.0736 e. The molecule has 4 rings (SSSR count). The predicted molar refractivity (Wildman–Crippen MR) is 93.2 cm³/mol. The van der Waals surface area contributed by atoms with E-state index >= 15 is 0 Å². The fourth-order valence-corrected chi connectivity index (χ4v) is 3.25. The number of hydrogen-bond donors (Lipinski definition) is 1. The Labute approximate surface area is 129 Å².